The van der Waals surface area contributed by atoms with E-state index >= 15 is 0 Å². The number of ether oxygens (including phenoxy) is 1. The zero-order valence-electron chi connectivity index (χ0n) is 10.00. The van der Waals surface area contributed by atoms with Gasteiger partial charge in [0.1, 0.15) is 5.58 Å². The van der Waals surface area contributed by atoms with E-state index in [0.29, 0.717) is 11.3 Å². The molecule has 0 radical (unpaired) electrons. The molecule has 4 rings (SSSR count). The van der Waals surface area contributed by atoms with E-state index < -0.39 is 6.10 Å². The maximum Gasteiger partial charge on any atom is 0.339 e. The van der Waals surface area contributed by atoms with Crippen LogP contribution in [0.5, 0.6) is 0 Å². The summed E-state index contributed by atoms with van der Waals surface area (Å²) in [6.45, 7) is 0. The van der Waals surface area contributed by atoms with Gasteiger partial charge in [0.25, 0.3) is 0 Å². The van der Waals surface area contributed by atoms with Crippen LogP contribution in [0.3, 0.4) is 0 Å². The molecule has 1 aromatic heterocycles. The Morgan fingerprint density at radius 3 is 2.63 bits per heavy atom. The summed E-state index contributed by atoms with van der Waals surface area (Å²) in [6, 6.07) is 17.1. The van der Waals surface area contributed by atoms with E-state index in [1.165, 1.54) is 0 Å². The first-order valence-electron chi connectivity index (χ1n) is 6.11. The number of carbonyl (C=O) groups is 1. The van der Waals surface area contributed by atoms with E-state index in [4.69, 9.17) is 9.15 Å². The zero-order valence-corrected chi connectivity index (χ0v) is 10.00. The summed E-state index contributed by atoms with van der Waals surface area (Å²) in [5, 5.41) is 1.01. The van der Waals surface area contributed by atoms with Crippen LogP contribution in [-0.4, -0.2) is 5.97 Å². The summed E-state index contributed by atoms with van der Waals surface area (Å²) in [7, 11) is 0. The average molecular weight is 250 g/mol. The van der Waals surface area contributed by atoms with Crippen LogP contribution >= 0.6 is 0 Å². The number of hydrogen-bond acceptors (Lipinski definition) is 3. The Morgan fingerprint density at radius 2 is 1.74 bits per heavy atom. The summed E-state index contributed by atoms with van der Waals surface area (Å²) in [6.07, 6.45) is -0.434. The molecular weight excluding hydrogens is 240 g/mol. The van der Waals surface area contributed by atoms with Crippen LogP contribution in [0.25, 0.3) is 11.0 Å². The lowest BCUT2D eigenvalue weighted by Gasteiger charge is -2.06. The van der Waals surface area contributed by atoms with E-state index in [1.807, 2.05) is 48.5 Å². The Hall–Kier alpha value is -2.55. The van der Waals surface area contributed by atoms with Crippen molar-refractivity contribution in [3.05, 3.63) is 71.5 Å². The van der Waals surface area contributed by atoms with Gasteiger partial charge in [-0.3, -0.25) is 0 Å². The number of esters is 1. The van der Waals surface area contributed by atoms with Gasteiger partial charge in [-0.1, -0.05) is 36.4 Å². The van der Waals surface area contributed by atoms with E-state index in [2.05, 4.69) is 0 Å². The third kappa shape index (κ3) is 1.48. The fourth-order valence-corrected chi connectivity index (χ4v) is 2.49. The largest absolute Gasteiger partial charge is 0.457 e. The van der Waals surface area contributed by atoms with E-state index in [1.54, 1.807) is 6.07 Å². The molecule has 3 nitrogen and oxygen atoms in total. The topological polar surface area (TPSA) is 39.4 Å². The van der Waals surface area contributed by atoms with Crippen LogP contribution in [0.2, 0.25) is 0 Å². The third-order valence-corrected chi connectivity index (χ3v) is 3.39. The highest BCUT2D eigenvalue weighted by molar-refractivity contribution is 5.94. The lowest BCUT2D eigenvalue weighted by Crippen LogP contribution is -1.98. The Labute approximate surface area is 109 Å². The molecule has 2 heterocycles. The summed E-state index contributed by atoms with van der Waals surface area (Å²) in [5.41, 5.74) is 2.29. The van der Waals surface area contributed by atoms with Gasteiger partial charge in [-0.15, -0.1) is 0 Å². The first-order valence-corrected chi connectivity index (χ1v) is 6.11. The fraction of sp³-hybridized carbons (Fsp3) is 0.0625. The summed E-state index contributed by atoms with van der Waals surface area (Å²) >= 11 is 0. The number of furan rings is 1. The molecular formula is C16H10O3. The van der Waals surface area contributed by atoms with Crippen molar-refractivity contribution in [3.63, 3.8) is 0 Å². The minimum Gasteiger partial charge on any atom is -0.457 e. The van der Waals surface area contributed by atoms with Crippen molar-refractivity contribution in [2.45, 2.75) is 6.10 Å². The molecule has 1 aliphatic rings. The molecule has 3 heteroatoms. The average Bonchev–Trinajstić information content (AvgIpc) is 3.01. The second-order valence-electron chi connectivity index (χ2n) is 4.56. The van der Waals surface area contributed by atoms with Crippen LogP contribution in [-0.2, 0) is 4.74 Å². The molecule has 1 aliphatic heterocycles. The van der Waals surface area contributed by atoms with Crippen LogP contribution in [0.1, 0.15) is 27.8 Å². The van der Waals surface area contributed by atoms with Gasteiger partial charge in [0.2, 0.25) is 0 Å². The monoisotopic (exact) mass is 250 g/mol. The number of fused-ring (bicyclic) bond motifs is 2. The van der Waals surface area contributed by atoms with Crippen LogP contribution < -0.4 is 0 Å². The first-order chi connectivity index (χ1) is 9.33. The molecule has 3 aromatic rings. The number of rotatable bonds is 1. The van der Waals surface area contributed by atoms with Gasteiger partial charge < -0.3 is 9.15 Å². The van der Waals surface area contributed by atoms with Crippen LogP contribution in [0.15, 0.2) is 59.0 Å². The second kappa shape index (κ2) is 3.72. The first kappa shape index (κ1) is 10.4. The molecule has 92 valence electrons. The molecule has 0 fully saturated rings. The predicted octanol–water partition coefficient (Wildman–Crippen LogP) is 3.69. The molecule has 19 heavy (non-hydrogen) atoms. The quantitative estimate of drug-likeness (QED) is 0.618. The SMILES string of the molecule is O=C1OC(c2cc3ccccc3o2)c2ccccc21. The van der Waals surface area contributed by atoms with Gasteiger partial charge in [-0.2, -0.15) is 0 Å². The summed E-state index contributed by atoms with van der Waals surface area (Å²) in [5.74, 6) is 0.376. The van der Waals surface area contributed by atoms with E-state index in [0.717, 1.165) is 16.5 Å². The zero-order chi connectivity index (χ0) is 12.8. The molecule has 1 atom stereocenters. The summed E-state index contributed by atoms with van der Waals surface area (Å²) in [4.78, 5) is 11.8. The predicted molar refractivity (Wildman–Crippen MR) is 69.9 cm³/mol. The van der Waals surface area contributed by atoms with Crippen molar-refractivity contribution in [2.24, 2.45) is 0 Å². The Kier molecular flexibility index (Phi) is 2.03. The standard InChI is InChI=1S/C16H10O3/c17-16-12-7-3-2-6-11(12)15(19-16)14-9-10-5-1-4-8-13(10)18-14/h1-9,15H. The van der Waals surface area contributed by atoms with Gasteiger partial charge >= 0.3 is 5.97 Å². The third-order valence-electron chi connectivity index (χ3n) is 3.39. The highest BCUT2D eigenvalue weighted by Crippen LogP contribution is 2.37. The smallest absolute Gasteiger partial charge is 0.339 e. The number of benzene rings is 2. The molecule has 1 unspecified atom stereocenters. The minimum atomic E-state index is -0.434. The van der Waals surface area contributed by atoms with Crippen LogP contribution in [0, 0.1) is 0 Å². The number of para-hydroxylation sites is 1. The van der Waals surface area contributed by atoms with Crippen molar-refractivity contribution in [3.8, 4) is 0 Å². The molecule has 2 aromatic carbocycles. The van der Waals surface area contributed by atoms with Crippen molar-refractivity contribution in [1.29, 1.82) is 0 Å². The molecule has 0 bridgehead atoms. The maximum atomic E-state index is 11.8. The molecule has 0 saturated carbocycles. The van der Waals surface area contributed by atoms with Crippen LogP contribution in [0.4, 0.5) is 0 Å². The van der Waals surface area contributed by atoms with E-state index in [-0.39, 0.29) is 5.97 Å². The molecule has 0 spiro atoms. The molecule has 0 N–H and O–H groups in total. The maximum absolute atomic E-state index is 11.8. The lowest BCUT2D eigenvalue weighted by molar-refractivity contribution is 0.0423. The normalized spacial score (nSPS) is 17.5. The van der Waals surface area contributed by atoms with Crippen molar-refractivity contribution in [2.75, 3.05) is 0 Å². The molecule has 0 saturated heterocycles. The second-order valence-corrected chi connectivity index (χ2v) is 4.56. The number of carbonyl (C=O) groups excluding carboxylic acids is 1. The van der Waals surface area contributed by atoms with Crippen molar-refractivity contribution < 1.29 is 13.9 Å². The highest BCUT2D eigenvalue weighted by atomic mass is 16.6. The lowest BCUT2D eigenvalue weighted by atomic mass is 10.0. The Morgan fingerprint density at radius 1 is 0.947 bits per heavy atom. The van der Waals surface area contributed by atoms with Gasteiger partial charge in [0.05, 0.1) is 5.56 Å². The minimum absolute atomic E-state index is 0.291. The fourth-order valence-electron chi connectivity index (χ4n) is 2.49. The highest BCUT2D eigenvalue weighted by Gasteiger charge is 2.33. The number of cyclic esters (lactones) is 1. The van der Waals surface area contributed by atoms with Crippen molar-refractivity contribution in [1.82, 2.24) is 0 Å². The Bertz CT molecular complexity index is 752. The number of hydrogen-bond donors (Lipinski definition) is 0. The van der Waals surface area contributed by atoms with E-state index in [9.17, 15) is 4.79 Å². The Balaban J connectivity index is 1.88. The van der Waals surface area contributed by atoms with Gasteiger partial charge in [0.15, 0.2) is 11.9 Å². The molecule has 0 aliphatic carbocycles. The van der Waals surface area contributed by atoms with Gasteiger partial charge in [-0.05, 0) is 18.2 Å². The van der Waals surface area contributed by atoms with Gasteiger partial charge in [-0.25, -0.2) is 4.79 Å². The molecule has 0 amide bonds. The van der Waals surface area contributed by atoms with Crippen molar-refractivity contribution >= 4 is 16.9 Å². The van der Waals surface area contributed by atoms with Gasteiger partial charge in [0, 0.05) is 10.9 Å². The summed E-state index contributed by atoms with van der Waals surface area (Å²) < 4.78 is 11.2.